The number of amides is 1. The maximum absolute atomic E-state index is 12.2. The fourth-order valence-electron chi connectivity index (χ4n) is 2.41. The van der Waals surface area contributed by atoms with E-state index in [0.717, 1.165) is 0 Å². The Labute approximate surface area is 136 Å². The first-order valence-corrected chi connectivity index (χ1v) is 8.17. The van der Waals surface area contributed by atoms with Crippen LogP contribution in [0.2, 0.25) is 5.02 Å². The Balaban J connectivity index is 1.73. The number of anilines is 1. The number of nitrogens with zero attached hydrogens (tertiary/aromatic N) is 2. The minimum Gasteiger partial charge on any atom is -0.326 e. The highest BCUT2D eigenvalue weighted by Crippen LogP contribution is 2.32. The monoisotopic (exact) mass is 335 g/mol. The molecular formula is C15H14ClN3O2S. The summed E-state index contributed by atoms with van der Waals surface area (Å²) in [4.78, 5) is 28.6. The van der Waals surface area contributed by atoms with E-state index in [0.29, 0.717) is 27.3 Å². The molecule has 1 amide bonds. The summed E-state index contributed by atoms with van der Waals surface area (Å²) in [6.07, 6.45) is 0.233. The molecule has 0 saturated carbocycles. The minimum absolute atomic E-state index is 0.104. The second-order valence-electron chi connectivity index (χ2n) is 5.12. The Morgan fingerprint density at radius 1 is 1.50 bits per heavy atom. The molecule has 1 atom stereocenters. The second kappa shape index (κ2) is 6.14. The number of carbonyl (C=O) groups excluding carboxylic acids is 1. The van der Waals surface area contributed by atoms with E-state index >= 15 is 0 Å². The van der Waals surface area contributed by atoms with Crippen molar-refractivity contribution in [3.05, 3.63) is 51.4 Å². The lowest BCUT2D eigenvalue weighted by atomic mass is 10.2. The van der Waals surface area contributed by atoms with Gasteiger partial charge >= 0.3 is 0 Å². The molecule has 2 heterocycles. The highest BCUT2D eigenvalue weighted by atomic mass is 35.5. The van der Waals surface area contributed by atoms with Crippen LogP contribution in [0.4, 0.5) is 5.69 Å². The van der Waals surface area contributed by atoms with E-state index in [1.54, 1.807) is 35.8 Å². The predicted molar refractivity (Wildman–Crippen MR) is 87.7 cm³/mol. The molecule has 1 aliphatic heterocycles. The van der Waals surface area contributed by atoms with Crippen molar-refractivity contribution in [2.24, 2.45) is 0 Å². The standard InChI is InChI=1S/C15H14ClN3O2S/c1-9-5-14(21)19-12(8-22-15(19)17-9)7-13(20)18-11-4-2-3-10(16)6-11/h2-6,12H,7-8H2,1H3,(H,18,20)/t12-/m0/s1. The number of rotatable bonds is 3. The van der Waals surface area contributed by atoms with Crippen LogP contribution in [-0.4, -0.2) is 21.2 Å². The van der Waals surface area contributed by atoms with Gasteiger partial charge in [-0.1, -0.05) is 29.4 Å². The average molecular weight is 336 g/mol. The molecule has 0 radical (unpaired) electrons. The topological polar surface area (TPSA) is 64.0 Å². The van der Waals surface area contributed by atoms with Crippen LogP contribution in [-0.2, 0) is 4.79 Å². The van der Waals surface area contributed by atoms with E-state index in [9.17, 15) is 9.59 Å². The Hall–Kier alpha value is -1.79. The van der Waals surface area contributed by atoms with Gasteiger partial charge in [-0.25, -0.2) is 4.98 Å². The summed E-state index contributed by atoms with van der Waals surface area (Å²) in [5.41, 5.74) is 1.25. The molecule has 0 bridgehead atoms. The summed E-state index contributed by atoms with van der Waals surface area (Å²) in [5, 5.41) is 4.05. The summed E-state index contributed by atoms with van der Waals surface area (Å²) < 4.78 is 1.61. The lowest BCUT2D eigenvalue weighted by Gasteiger charge is -2.13. The number of aryl methyl sites for hydroxylation is 1. The van der Waals surface area contributed by atoms with Crippen LogP contribution >= 0.6 is 23.4 Å². The van der Waals surface area contributed by atoms with Gasteiger partial charge in [-0.05, 0) is 25.1 Å². The number of hydrogen-bond donors (Lipinski definition) is 1. The maximum atomic E-state index is 12.2. The Morgan fingerprint density at radius 3 is 3.09 bits per heavy atom. The van der Waals surface area contributed by atoms with Gasteiger partial charge in [0.15, 0.2) is 5.16 Å². The van der Waals surface area contributed by atoms with Crippen molar-refractivity contribution in [3.63, 3.8) is 0 Å². The van der Waals surface area contributed by atoms with Crippen molar-refractivity contribution in [3.8, 4) is 0 Å². The Kier molecular flexibility index (Phi) is 4.22. The van der Waals surface area contributed by atoms with Gasteiger partial charge in [-0.15, -0.1) is 0 Å². The molecule has 1 aliphatic rings. The number of halogens is 1. The van der Waals surface area contributed by atoms with Crippen LogP contribution in [0.3, 0.4) is 0 Å². The van der Waals surface area contributed by atoms with Gasteiger partial charge in [0, 0.05) is 34.6 Å². The molecule has 1 aromatic carbocycles. The zero-order valence-corrected chi connectivity index (χ0v) is 13.4. The van der Waals surface area contributed by atoms with E-state index in [2.05, 4.69) is 10.3 Å². The molecule has 22 heavy (non-hydrogen) atoms. The molecule has 0 unspecified atom stereocenters. The second-order valence-corrected chi connectivity index (χ2v) is 6.54. The maximum Gasteiger partial charge on any atom is 0.254 e. The molecule has 2 aromatic rings. The van der Waals surface area contributed by atoms with Crippen LogP contribution in [0.1, 0.15) is 18.2 Å². The van der Waals surface area contributed by atoms with Crippen molar-refractivity contribution < 1.29 is 4.79 Å². The number of benzene rings is 1. The highest BCUT2D eigenvalue weighted by Gasteiger charge is 2.27. The molecule has 114 valence electrons. The fourth-order valence-corrected chi connectivity index (χ4v) is 3.79. The summed E-state index contributed by atoms with van der Waals surface area (Å²) >= 11 is 7.40. The molecule has 1 N–H and O–H groups in total. The third-order valence-electron chi connectivity index (χ3n) is 3.35. The molecule has 0 fully saturated rings. The van der Waals surface area contributed by atoms with Gasteiger partial charge in [-0.3, -0.25) is 14.2 Å². The van der Waals surface area contributed by atoms with Crippen molar-refractivity contribution in [1.29, 1.82) is 0 Å². The molecule has 3 rings (SSSR count). The van der Waals surface area contributed by atoms with Crippen molar-refractivity contribution in [2.45, 2.75) is 24.5 Å². The predicted octanol–water partition coefficient (Wildman–Crippen LogP) is 2.88. The first kappa shape index (κ1) is 15.1. The normalized spacial score (nSPS) is 16.4. The molecule has 1 aromatic heterocycles. The first-order chi connectivity index (χ1) is 10.5. The summed E-state index contributed by atoms with van der Waals surface area (Å²) in [7, 11) is 0. The van der Waals surface area contributed by atoms with Crippen LogP contribution in [0.5, 0.6) is 0 Å². The minimum atomic E-state index is -0.167. The molecular weight excluding hydrogens is 322 g/mol. The van der Waals surface area contributed by atoms with Crippen LogP contribution < -0.4 is 10.9 Å². The number of nitrogens with one attached hydrogen (secondary N) is 1. The zero-order chi connectivity index (χ0) is 15.7. The van der Waals surface area contributed by atoms with Gasteiger partial charge in [0.2, 0.25) is 5.91 Å². The number of carbonyl (C=O) groups is 1. The van der Waals surface area contributed by atoms with Gasteiger partial charge in [0.05, 0.1) is 6.04 Å². The first-order valence-electron chi connectivity index (χ1n) is 6.81. The molecule has 0 aliphatic carbocycles. The third kappa shape index (κ3) is 3.18. The summed E-state index contributed by atoms with van der Waals surface area (Å²) in [5.74, 6) is 0.530. The van der Waals surface area contributed by atoms with Crippen LogP contribution in [0.25, 0.3) is 0 Å². The number of aromatic nitrogens is 2. The van der Waals surface area contributed by atoms with E-state index < -0.39 is 0 Å². The van der Waals surface area contributed by atoms with E-state index in [1.807, 2.05) is 0 Å². The number of fused-ring (bicyclic) bond motifs is 1. The van der Waals surface area contributed by atoms with Crippen molar-refractivity contribution in [2.75, 3.05) is 11.1 Å². The average Bonchev–Trinajstić information content (AvgIpc) is 2.81. The van der Waals surface area contributed by atoms with Gasteiger partial charge in [-0.2, -0.15) is 0 Å². The molecule has 0 spiro atoms. The zero-order valence-electron chi connectivity index (χ0n) is 11.9. The summed E-state index contributed by atoms with van der Waals surface area (Å²) in [6.45, 7) is 1.79. The fraction of sp³-hybridized carbons (Fsp3) is 0.267. The Bertz CT molecular complexity index is 791. The van der Waals surface area contributed by atoms with Crippen molar-refractivity contribution >= 4 is 35.0 Å². The summed E-state index contributed by atoms with van der Waals surface area (Å²) in [6, 6.07) is 8.31. The number of thioether (sulfide) groups is 1. The third-order valence-corrected chi connectivity index (χ3v) is 4.68. The van der Waals surface area contributed by atoms with Gasteiger partial charge < -0.3 is 5.32 Å². The van der Waals surface area contributed by atoms with E-state index in [-0.39, 0.29) is 23.9 Å². The quantitative estimate of drug-likeness (QED) is 0.876. The van der Waals surface area contributed by atoms with Crippen LogP contribution in [0.15, 0.2) is 40.3 Å². The number of hydrogen-bond acceptors (Lipinski definition) is 4. The van der Waals surface area contributed by atoms with E-state index in [1.165, 1.54) is 17.8 Å². The van der Waals surface area contributed by atoms with Crippen LogP contribution in [0, 0.1) is 6.92 Å². The molecule has 0 saturated heterocycles. The van der Waals surface area contributed by atoms with E-state index in [4.69, 9.17) is 11.6 Å². The highest BCUT2D eigenvalue weighted by molar-refractivity contribution is 7.99. The largest absolute Gasteiger partial charge is 0.326 e. The molecule has 5 nitrogen and oxygen atoms in total. The van der Waals surface area contributed by atoms with Crippen molar-refractivity contribution in [1.82, 2.24) is 9.55 Å². The smallest absolute Gasteiger partial charge is 0.254 e. The van der Waals surface area contributed by atoms with Gasteiger partial charge in [0.1, 0.15) is 0 Å². The SMILES string of the molecule is Cc1cc(=O)n2c(n1)SC[C@@H]2CC(=O)Nc1cccc(Cl)c1. The lowest BCUT2D eigenvalue weighted by molar-refractivity contribution is -0.116. The van der Waals surface area contributed by atoms with Gasteiger partial charge in [0.25, 0.3) is 5.56 Å². The lowest BCUT2D eigenvalue weighted by Crippen LogP contribution is -2.27. The molecule has 7 heteroatoms. The Morgan fingerprint density at radius 2 is 2.32 bits per heavy atom.